The Kier molecular flexibility index (Phi) is 5.13. The van der Waals surface area contributed by atoms with Gasteiger partial charge in [0.15, 0.2) is 11.4 Å². The van der Waals surface area contributed by atoms with Gasteiger partial charge in [-0.15, -0.1) is 10.2 Å². The molecule has 1 aromatic heterocycles. The number of azo groups is 1. The number of aromatic hydroxyl groups is 1. The molecule has 2 N–H and O–H groups in total. The topological polar surface area (TPSA) is 124 Å². The Morgan fingerprint density at radius 2 is 1.92 bits per heavy atom. The number of nitrogens with zero attached hydrogens (tertiary/aromatic N) is 6. The van der Waals surface area contributed by atoms with Gasteiger partial charge in [0.05, 0.1) is 11.4 Å². The monoisotopic (exact) mass is 323 g/mol. The summed E-state index contributed by atoms with van der Waals surface area (Å²) < 4.78 is 0. The van der Waals surface area contributed by atoms with Crippen molar-refractivity contribution in [1.82, 2.24) is 9.97 Å². The van der Waals surface area contributed by atoms with Crippen molar-refractivity contribution in [2.45, 2.75) is 20.8 Å². The molecule has 0 aliphatic rings. The molecule has 24 heavy (non-hydrogen) atoms. The number of aromatic amines is 1. The minimum atomic E-state index is -0.0251. The third kappa shape index (κ3) is 3.33. The van der Waals surface area contributed by atoms with Gasteiger partial charge in [-0.1, -0.05) is 0 Å². The first-order valence-corrected chi connectivity index (χ1v) is 7.44. The Morgan fingerprint density at radius 1 is 1.21 bits per heavy atom. The zero-order valence-electron chi connectivity index (χ0n) is 13.7. The molecule has 0 radical (unpaired) electrons. The lowest BCUT2D eigenvalue weighted by molar-refractivity contribution is 0.474. The quantitative estimate of drug-likeness (QED) is 0.815. The second-order valence-corrected chi connectivity index (χ2v) is 5.01. The highest BCUT2D eigenvalue weighted by Gasteiger charge is 2.12. The van der Waals surface area contributed by atoms with Gasteiger partial charge in [-0.25, -0.2) is 0 Å². The number of anilines is 1. The predicted octanol–water partition coefficient (Wildman–Crippen LogP) is 3.43. The highest BCUT2D eigenvalue weighted by molar-refractivity contribution is 5.66. The molecule has 0 atom stereocenters. The lowest BCUT2D eigenvalue weighted by atomic mass is 10.1. The third-order valence-electron chi connectivity index (χ3n) is 3.56. The maximum atomic E-state index is 10.2. The van der Waals surface area contributed by atoms with E-state index in [2.05, 4.69) is 20.2 Å². The summed E-state index contributed by atoms with van der Waals surface area (Å²) in [5.74, 6) is 0.183. The largest absolute Gasteiger partial charge is 0.506 e. The van der Waals surface area contributed by atoms with Crippen molar-refractivity contribution in [1.29, 1.82) is 10.5 Å². The highest BCUT2D eigenvalue weighted by Crippen LogP contribution is 2.35. The lowest BCUT2D eigenvalue weighted by Crippen LogP contribution is -2.21. The molecular formula is C16H17N7O. The van der Waals surface area contributed by atoms with E-state index < -0.39 is 0 Å². The maximum absolute atomic E-state index is 10.2. The summed E-state index contributed by atoms with van der Waals surface area (Å²) in [5, 5.41) is 35.9. The Morgan fingerprint density at radius 3 is 2.46 bits per heavy atom. The number of phenols is 1. The molecule has 8 nitrogen and oxygen atoms in total. The molecule has 0 amide bonds. The van der Waals surface area contributed by atoms with Gasteiger partial charge in [-0.3, -0.25) is 0 Å². The number of hydrogen-bond donors (Lipinski definition) is 2. The smallest absolute Gasteiger partial charge is 0.249 e. The van der Waals surface area contributed by atoms with E-state index in [9.17, 15) is 5.11 Å². The highest BCUT2D eigenvalue weighted by atomic mass is 16.3. The summed E-state index contributed by atoms with van der Waals surface area (Å²) in [4.78, 5) is 8.51. The van der Waals surface area contributed by atoms with Crippen molar-refractivity contribution in [3.05, 3.63) is 29.1 Å². The van der Waals surface area contributed by atoms with Crippen LogP contribution in [-0.4, -0.2) is 28.2 Å². The van der Waals surface area contributed by atoms with Crippen LogP contribution < -0.4 is 4.90 Å². The van der Waals surface area contributed by atoms with Gasteiger partial charge in [0, 0.05) is 19.2 Å². The number of benzene rings is 1. The van der Waals surface area contributed by atoms with Gasteiger partial charge >= 0.3 is 0 Å². The molecular weight excluding hydrogens is 306 g/mol. The number of imidazole rings is 1. The molecule has 0 fully saturated rings. The van der Waals surface area contributed by atoms with Crippen LogP contribution in [0.1, 0.15) is 30.8 Å². The normalized spacial score (nSPS) is 10.5. The van der Waals surface area contributed by atoms with Gasteiger partial charge in [-0.2, -0.15) is 15.5 Å². The summed E-state index contributed by atoms with van der Waals surface area (Å²) in [7, 11) is 0. The molecule has 0 aliphatic carbocycles. The minimum absolute atomic E-state index is 0.0251. The van der Waals surface area contributed by atoms with E-state index in [1.54, 1.807) is 6.07 Å². The Balaban J connectivity index is 2.34. The molecule has 2 rings (SSSR count). The van der Waals surface area contributed by atoms with Crippen molar-refractivity contribution in [3.63, 3.8) is 0 Å². The van der Waals surface area contributed by atoms with E-state index in [0.717, 1.165) is 24.3 Å². The standard InChI is InChI=1S/C16H17N7O/c1-4-23(5-2)14-6-10(3)11(7-15(14)24)21-22-16-19-12(8-17)13(9-18)20-16/h6-7,24H,4-5H2,1-3H3,(H,19,20). The fourth-order valence-corrected chi connectivity index (χ4v) is 2.27. The molecule has 1 heterocycles. The molecule has 8 heteroatoms. The minimum Gasteiger partial charge on any atom is -0.506 e. The molecule has 0 bridgehead atoms. The second kappa shape index (κ2) is 7.25. The van der Waals surface area contributed by atoms with Crippen LogP contribution >= 0.6 is 0 Å². The van der Waals surface area contributed by atoms with Crippen LogP contribution in [-0.2, 0) is 0 Å². The van der Waals surface area contributed by atoms with Gasteiger partial charge in [-0.05, 0) is 32.4 Å². The molecule has 0 aliphatic heterocycles. The number of hydrogen-bond acceptors (Lipinski definition) is 7. The molecule has 122 valence electrons. The van der Waals surface area contributed by atoms with Crippen LogP contribution in [0.4, 0.5) is 17.3 Å². The molecule has 0 saturated carbocycles. The number of H-pyrrole nitrogens is 1. The van der Waals surface area contributed by atoms with Gasteiger partial charge < -0.3 is 15.0 Å². The first-order chi connectivity index (χ1) is 11.5. The Hall–Kier alpha value is -3.39. The van der Waals surface area contributed by atoms with Crippen molar-refractivity contribution in [2.24, 2.45) is 10.2 Å². The number of phenolic OH excluding ortho intramolecular Hbond substituents is 1. The summed E-state index contributed by atoms with van der Waals surface area (Å²) in [5.41, 5.74) is 2.08. The van der Waals surface area contributed by atoms with Crippen molar-refractivity contribution in [2.75, 3.05) is 18.0 Å². The third-order valence-corrected chi connectivity index (χ3v) is 3.56. The fourth-order valence-electron chi connectivity index (χ4n) is 2.27. The average molecular weight is 323 g/mol. The lowest BCUT2D eigenvalue weighted by Gasteiger charge is -2.22. The summed E-state index contributed by atoms with van der Waals surface area (Å²) in [6.07, 6.45) is 0. The van der Waals surface area contributed by atoms with E-state index in [-0.39, 0.29) is 23.1 Å². The first kappa shape index (κ1) is 17.0. The molecule has 0 saturated heterocycles. The predicted molar refractivity (Wildman–Crippen MR) is 88.6 cm³/mol. The van der Waals surface area contributed by atoms with Crippen molar-refractivity contribution >= 4 is 17.3 Å². The zero-order chi connectivity index (χ0) is 17.7. The number of nitrogens with one attached hydrogen (secondary N) is 1. The average Bonchev–Trinajstić information content (AvgIpc) is 2.99. The summed E-state index contributed by atoms with van der Waals surface area (Å²) in [6, 6.07) is 7.02. The van der Waals surface area contributed by atoms with Gasteiger partial charge in [0.1, 0.15) is 17.9 Å². The molecule has 2 aromatic rings. The zero-order valence-corrected chi connectivity index (χ0v) is 13.7. The van der Waals surface area contributed by atoms with E-state index in [1.807, 2.05) is 37.8 Å². The van der Waals surface area contributed by atoms with Crippen LogP contribution in [0.2, 0.25) is 0 Å². The number of aryl methyl sites for hydroxylation is 1. The van der Waals surface area contributed by atoms with E-state index in [0.29, 0.717) is 5.69 Å². The van der Waals surface area contributed by atoms with Crippen LogP contribution in [0.5, 0.6) is 5.75 Å². The van der Waals surface area contributed by atoms with Crippen molar-refractivity contribution < 1.29 is 5.11 Å². The summed E-state index contributed by atoms with van der Waals surface area (Å²) >= 11 is 0. The SMILES string of the molecule is CCN(CC)c1cc(C)c(N=Nc2nc(C#N)c(C#N)[nH]2)cc1O. The Labute approximate surface area is 139 Å². The van der Waals surface area contributed by atoms with Gasteiger partial charge in [0.2, 0.25) is 5.95 Å². The first-order valence-electron chi connectivity index (χ1n) is 7.44. The Bertz CT molecular complexity index is 819. The van der Waals surface area contributed by atoms with Crippen LogP contribution in [0, 0.1) is 29.6 Å². The maximum Gasteiger partial charge on any atom is 0.249 e. The van der Waals surface area contributed by atoms with Crippen LogP contribution in [0.25, 0.3) is 0 Å². The van der Waals surface area contributed by atoms with Crippen molar-refractivity contribution in [3.8, 4) is 17.9 Å². The summed E-state index contributed by atoms with van der Waals surface area (Å²) in [6.45, 7) is 7.46. The van der Waals surface area contributed by atoms with E-state index in [1.165, 1.54) is 6.07 Å². The molecule has 0 spiro atoms. The molecule has 1 aromatic carbocycles. The number of rotatable bonds is 5. The van der Waals surface area contributed by atoms with E-state index >= 15 is 0 Å². The van der Waals surface area contributed by atoms with Gasteiger partial charge in [0.25, 0.3) is 0 Å². The molecule has 0 unspecified atom stereocenters. The van der Waals surface area contributed by atoms with Crippen LogP contribution in [0.3, 0.4) is 0 Å². The fraction of sp³-hybridized carbons (Fsp3) is 0.312. The number of aromatic nitrogens is 2. The van der Waals surface area contributed by atoms with Crippen LogP contribution in [0.15, 0.2) is 22.4 Å². The second-order valence-electron chi connectivity index (χ2n) is 5.01. The number of nitriles is 2. The van der Waals surface area contributed by atoms with E-state index in [4.69, 9.17) is 10.5 Å².